The molecule has 6 nitrogen and oxygen atoms in total. The number of alkyl halides is 3. The molecular formula is C27H32F3N3O3. The number of nitrogens with one attached hydrogen (secondary N) is 1. The van der Waals surface area contributed by atoms with Gasteiger partial charge in [0.1, 0.15) is 5.70 Å². The van der Waals surface area contributed by atoms with Gasteiger partial charge in [-0.2, -0.15) is 13.2 Å². The zero-order valence-electron chi connectivity index (χ0n) is 21.0. The Morgan fingerprint density at radius 3 is 2.56 bits per heavy atom. The van der Waals surface area contributed by atoms with Crippen LogP contribution in [-0.2, 0) is 14.3 Å². The Labute approximate surface area is 210 Å². The molecule has 1 aliphatic rings. The zero-order valence-corrected chi connectivity index (χ0v) is 21.0. The van der Waals surface area contributed by atoms with Crippen LogP contribution in [0.1, 0.15) is 30.9 Å². The van der Waals surface area contributed by atoms with Crippen LogP contribution in [0, 0.1) is 12.8 Å². The molecule has 0 aliphatic carbocycles. The SMILES string of the molecule is C=C(C=N/C(=C\C)C(F)(F)F)C(=O)Nc1ccc(C)c(C(/C=C/C2CCOCC2)=C/C(=NC)OC)c1. The van der Waals surface area contributed by atoms with Crippen molar-refractivity contribution < 1.29 is 27.4 Å². The van der Waals surface area contributed by atoms with Gasteiger partial charge in [-0.1, -0.05) is 30.9 Å². The summed E-state index contributed by atoms with van der Waals surface area (Å²) in [7, 11) is 3.16. The van der Waals surface area contributed by atoms with E-state index in [9.17, 15) is 18.0 Å². The van der Waals surface area contributed by atoms with Crippen LogP contribution in [0.15, 0.2) is 70.3 Å². The molecule has 1 amide bonds. The third kappa shape index (κ3) is 8.64. The smallest absolute Gasteiger partial charge is 0.433 e. The molecule has 0 unspecified atom stereocenters. The first-order chi connectivity index (χ1) is 17.1. The van der Waals surface area contributed by atoms with Crippen LogP contribution in [0.2, 0.25) is 0 Å². The second kappa shape index (κ2) is 13.6. The highest BCUT2D eigenvalue weighted by Crippen LogP contribution is 2.28. The number of aliphatic imine (C=N–C) groups is 2. The van der Waals surface area contributed by atoms with E-state index in [4.69, 9.17) is 9.47 Å². The minimum atomic E-state index is -4.61. The van der Waals surface area contributed by atoms with Crippen LogP contribution in [-0.4, -0.2) is 51.6 Å². The van der Waals surface area contributed by atoms with Crippen molar-refractivity contribution in [2.24, 2.45) is 15.9 Å². The predicted octanol–water partition coefficient (Wildman–Crippen LogP) is 6.07. The zero-order chi connectivity index (χ0) is 26.7. The van der Waals surface area contributed by atoms with Gasteiger partial charge >= 0.3 is 6.18 Å². The summed E-state index contributed by atoms with van der Waals surface area (Å²) >= 11 is 0. The lowest BCUT2D eigenvalue weighted by Crippen LogP contribution is -2.16. The van der Waals surface area contributed by atoms with Gasteiger partial charge in [0.25, 0.3) is 5.91 Å². The van der Waals surface area contributed by atoms with Gasteiger partial charge in [0.05, 0.1) is 12.7 Å². The van der Waals surface area contributed by atoms with Crippen LogP contribution < -0.4 is 5.32 Å². The summed E-state index contributed by atoms with van der Waals surface area (Å²) in [4.78, 5) is 20.0. The number of aryl methyl sites for hydroxylation is 1. The van der Waals surface area contributed by atoms with E-state index >= 15 is 0 Å². The summed E-state index contributed by atoms with van der Waals surface area (Å²) in [6.45, 7) is 8.14. The van der Waals surface area contributed by atoms with E-state index < -0.39 is 17.8 Å². The lowest BCUT2D eigenvalue weighted by Gasteiger charge is -2.19. The fourth-order valence-electron chi connectivity index (χ4n) is 3.45. The molecule has 2 rings (SSSR count). The molecule has 1 saturated heterocycles. The number of anilines is 1. The van der Waals surface area contributed by atoms with Crippen molar-refractivity contribution in [2.75, 3.05) is 32.7 Å². The number of benzene rings is 1. The number of rotatable bonds is 8. The van der Waals surface area contributed by atoms with E-state index in [1.807, 2.05) is 25.1 Å². The minimum Gasteiger partial charge on any atom is -0.481 e. The number of nitrogens with zero attached hydrogens (tertiary/aromatic N) is 2. The van der Waals surface area contributed by atoms with Gasteiger partial charge in [-0.3, -0.25) is 14.8 Å². The molecule has 0 radical (unpaired) electrons. The first-order valence-electron chi connectivity index (χ1n) is 11.5. The molecule has 36 heavy (non-hydrogen) atoms. The second-order valence-electron chi connectivity index (χ2n) is 8.11. The third-order valence-electron chi connectivity index (χ3n) is 5.54. The van der Waals surface area contributed by atoms with E-state index in [-0.39, 0.29) is 5.57 Å². The summed E-state index contributed by atoms with van der Waals surface area (Å²) in [5.74, 6) is 0.155. The molecule has 1 heterocycles. The number of carbonyl (C=O) groups is 1. The Hall–Kier alpha value is -3.46. The molecule has 194 valence electrons. The lowest BCUT2D eigenvalue weighted by molar-refractivity contribution is -0.112. The Kier molecular flexibility index (Phi) is 10.9. The number of carbonyl (C=O) groups excluding carboxylic acids is 1. The molecule has 0 bridgehead atoms. The van der Waals surface area contributed by atoms with Crippen molar-refractivity contribution in [2.45, 2.75) is 32.9 Å². The first-order valence-corrected chi connectivity index (χ1v) is 11.5. The minimum absolute atomic E-state index is 0.212. The average molecular weight is 504 g/mol. The number of allylic oxidation sites excluding steroid dienone is 5. The van der Waals surface area contributed by atoms with Crippen molar-refractivity contribution in [3.8, 4) is 0 Å². The Bertz CT molecular complexity index is 1090. The van der Waals surface area contributed by atoms with Crippen molar-refractivity contribution in [1.82, 2.24) is 0 Å². The number of ether oxygens (including phenoxy) is 2. The first kappa shape index (κ1) is 28.8. The topological polar surface area (TPSA) is 72.3 Å². The molecule has 1 aromatic rings. The maximum Gasteiger partial charge on any atom is 0.433 e. The van der Waals surface area contributed by atoms with E-state index in [0.717, 1.165) is 55.0 Å². The third-order valence-corrected chi connectivity index (χ3v) is 5.54. The lowest BCUT2D eigenvalue weighted by atomic mass is 9.95. The highest BCUT2D eigenvalue weighted by Gasteiger charge is 2.32. The number of hydrogen-bond donors (Lipinski definition) is 1. The normalized spacial score (nSPS) is 16.6. The van der Waals surface area contributed by atoms with Crippen LogP contribution in [0.5, 0.6) is 0 Å². The number of methoxy groups -OCH3 is 1. The van der Waals surface area contributed by atoms with E-state index in [0.29, 0.717) is 17.5 Å². The molecule has 1 fully saturated rings. The standard InChI is InChI=1S/C27H32F3N3O3/c1-6-24(27(28,29)30)32-17-19(3)26(34)33-22-10-7-18(2)23(16-22)21(15-25(31-4)35-5)9-8-20-11-13-36-14-12-20/h6-10,15-17,20H,3,11-14H2,1-2,4-5H3,(H,33,34)/b9-8+,21-15+,24-6-,31-25?,32-17?. The van der Waals surface area contributed by atoms with Crippen molar-refractivity contribution >= 4 is 29.3 Å². The van der Waals surface area contributed by atoms with Gasteiger partial charge < -0.3 is 14.8 Å². The van der Waals surface area contributed by atoms with Gasteiger partial charge in [0.2, 0.25) is 5.90 Å². The molecule has 9 heteroatoms. The van der Waals surface area contributed by atoms with Gasteiger partial charge in [0.15, 0.2) is 0 Å². The molecule has 0 aromatic heterocycles. The average Bonchev–Trinajstić information content (AvgIpc) is 2.85. The number of halogens is 3. The summed E-state index contributed by atoms with van der Waals surface area (Å²) < 4.78 is 49.3. The monoisotopic (exact) mass is 503 g/mol. The summed E-state index contributed by atoms with van der Waals surface area (Å²) in [6.07, 6.45) is 4.84. The Morgan fingerprint density at radius 2 is 1.97 bits per heavy atom. The summed E-state index contributed by atoms with van der Waals surface area (Å²) in [5, 5.41) is 2.67. The van der Waals surface area contributed by atoms with E-state index in [1.54, 1.807) is 19.2 Å². The molecule has 1 aromatic carbocycles. The van der Waals surface area contributed by atoms with Crippen molar-refractivity contribution in [3.05, 3.63) is 71.5 Å². The van der Waals surface area contributed by atoms with Crippen LogP contribution in [0.25, 0.3) is 5.57 Å². The molecule has 1 N–H and O–H groups in total. The fraction of sp³-hybridized carbons (Fsp3) is 0.370. The maximum absolute atomic E-state index is 12.9. The van der Waals surface area contributed by atoms with Crippen LogP contribution in [0.3, 0.4) is 0 Å². The highest BCUT2D eigenvalue weighted by atomic mass is 19.4. The largest absolute Gasteiger partial charge is 0.481 e. The summed E-state index contributed by atoms with van der Waals surface area (Å²) in [5.41, 5.74) is 1.76. The van der Waals surface area contributed by atoms with Crippen molar-refractivity contribution in [3.63, 3.8) is 0 Å². The number of hydrogen-bond acceptors (Lipinski definition) is 5. The van der Waals surface area contributed by atoms with Crippen molar-refractivity contribution in [1.29, 1.82) is 0 Å². The van der Waals surface area contributed by atoms with E-state index in [2.05, 4.69) is 28.0 Å². The second-order valence-corrected chi connectivity index (χ2v) is 8.11. The van der Waals surface area contributed by atoms with Gasteiger partial charge in [-0.25, -0.2) is 0 Å². The van der Waals surface area contributed by atoms with Gasteiger partial charge in [0, 0.05) is 38.2 Å². The Balaban J connectivity index is 2.30. The van der Waals surface area contributed by atoms with Gasteiger partial charge in [-0.05, 0) is 61.4 Å². The highest BCUT2D eigenvalue weighted by molar-refractivity contribution is 6.17. The van der Waals surface area contributed by atoms with Gasteiger partial charge in [-0.15, -0.1) is 0 Å². The predicted molar refractivity (Wildman–Crippen MR) is 138 cm³/mol. The molecule has 1 aliphatic heterocycles. The number of amides is 1. The molecule has 0 saturated carbocycles. The van der Waals surface area contributed by atoms with E-state index in [1.165, 1.54) is 14.0 Å². The molecular weight excluding hydrogens is 471 g/mol. The summed E-state index contributed by atoms with van der Waals surface area (Å²) in [6, 6.07) is 5.34. The van der Waals surface area contributed by atoms with Crippen LogP contribution in [0.4, 0.5) is 18.9 Å². The van der Waals surface area contributed by atoms with Crippen LogP contribution >= 0.6 is 0 Å². The Morgan fingerprint density at radius 1 is 1.28 bits per heavy atom. The fourth-order valence-corrected chi connectivity index (χ4v) is 3.45. The quantitative estimate of drug-likeness (QED) is 0.203. The molecule has 0 atom stereocenters. The molecule has 0 spiro atoms. The maximum atomic E-state index is 12.9.